The lowest BCUT2D eigenvalue weighted by Gasteiger charge is -2.48. The van der Waals surface area contributed by atoms with Gasteiger partial charge in [0, 0.05) is 20.9 Å². The molecular formula is C24H24Cl6. The van der Waals surface area contributed by atoms with Gasteiger partial charge in [-0.1, -0.05) is 144 Å². The third kappa shape index (κ3) is 6.12. The molecule has 0 heterocycles. The summed E-state index contributed by atoms with van der Waals surface area (Å²) in [4.78, 5) is 0. The van der Waals surface area contributed by atoms with Gasteiger partial charge in [-0.05, 0) is 36.8 Å². The zero-order valence-corrected chi connectivity index (χ0v) is 21.4. The smallest absolute Gasteiger partial charge is 0.0866 e. The third-order valence-electron chi connectivity index (χ3n) is 6.14. The molecule has 0 radical (unpaired) electrons. The van der Waals surface area contributed by atoms with Crippen molar-refractivity contribution in [1.82, 2.24) is 0 Å². The maximum atomic E-state index is 6.33. The second-order valence-electron chi connectivity index (χ2n) is 7.73. The van der Waals surface area contributed by atoms with Gasteiger partial charge in [-0.2, -0.15) is 0 Å². The SMILES string of the molecule is CC(CCC(Cl)=C(Cl)Cl)(c1ccccc1)C(C)(CCC(Cl)=C(Cl)Cl)c1ccccc1. The molecule has 0 aliphatic carbocycles. The van der Waals surface area contributed by atoms with E-state index in [1.54, 1.807) is 0 Å². The van der Waals surface area contributed by atoms with Crippen LogP contribution in [0.2, 0.25) is 0 Å². The maximum Gasteiger partial charge on any atom is 0.121 e. The van der Waals surface area contributed by atoms with Crippen LogP contribution in [0.25, 0.3) is 0 Å². The van der Waals surface area contributed by atoms with Crippen molar-refractivity contribution in [3.63, 3.8) is 0 Å². The highest BCUT2D eigenvalue weighted by atomic mass is 35.5. The molecule has 2 unspecified atom stereocenters. The van der Waals surface area contributed by atoms with Gasteiger partial charge in [0.25, 0.3) is 0 Å². The number of halogens is 6. The summed E-state index contributed by atoms with van der Waals surface area (Å²) in [5.74, 6) is 0. The van der Waals surface area contributed by atoms with Crippen LogP contribution in [-0.2, 0) is 10.8 Å². The van der Waals surface area contributed by atoms with Crippen molar-refractivity contribution in [1.29, 1.82) is 0 Å². The summed E-state index contributed by atoms with van der Waals surface area (Å²) in [6, 6.07) is 20.8. The van der Waals surface area contributed by atoms with Crippen LogP contribution < -0.4 is 0 Å². The molecular weight excluding hydrogens is 501 g/mol. The van der Waals surface area contributed by atoms with E-state index in [9.17, 15) is 0 Å². The van der Waals surface area contributed by atoms with E-state index in [1.165, 1.54) is 11.1 Å². The van der Waals surface area contributed by atoms with E-state index in [2.05, 4.69) is 38.1 Å². The van der Waals surface area contributed by atoms with Crippen LogP contribution in [-0.4, -0.2) is 0 Å². The first-order valence-electron chi connectivity index (χ1n) is 9.62. The van der Waals surface area contributed by atoms with E-state index in [0.29, 0.717) is 22.9 Å². The standard InChI is InChI=1S/C24H24Cl6/c1-23(15-13-19(25)21(27)28,17-9-5-3-6-10-17)24(2,16-14-20(26)22(29)30)18-11-7-4-8-12-18/h3-12H,13-16H2,1-2H3. The van der Waals surface area contributed by atoms with Gasteiger partial charge in [-0.15, -0.1) is 0 Å². The quantitative estimate of drug-likeness (QED) is 0.306. The van der Waals surface area contributed by atoms with Crippen LogP contribution in [0.4, 0.5) is 0 Å². The fourth-order valence-corrected chi connectivity index (χ4v) is 4.57. The predicted octanol–water partition coefficient (Wildman–Crippen LogP) is 10.2. The van der Waals surface area contributed by atoms with Crippen molar-refractivity contribution in [2.45, 2.75) is 50.4 Å². The van der Waals surface area contributed by atoms with Crippen molar-refractivity contribution >= 4 is 69.6 Å². The fraction of sp³-hybridized carbons (Fsp3) is 0.333. The summed E-state index contributed by atoms with van der Waals surface area (Å²) < 4.78 is 0.210. The summed E-state index contributed by atoms with van der Waals surface area (Å²) in [6.07, 6.45) is 2.58. The molecule has 0 spiro atoms. The Balaban J connectivity index is 2.62. The molecule has 0 nitrogen and oxygen atoms in total. The van der Waals surface area contributed by atoms with Gasteiger partial charge in [0.15, 0.2) is 0 Å². The second kappa shape index (κ2) is 11.5. The van der Waals surface area contributed by atoms with E-state index in [0.717, 1.165) is 12.8 Å². The first kappa shape index (κ1) is 25.9. The summed E-state index contributed by atoms with van der Waals surface area (Å²) in [5, 5.41) is 0.912. The number of rotatable bonds is 9. The van der Waals surface area contributed by atoms with Crippen molar-refractivity contribution in [2.24, 2.45) is 0 Å². The lowest BCUT2D eigenvalue weighted by Crippen LogP contribution is -2.45. The third-order valence-corrected chi connectivity index (χ3v) is 8.19. The van der Waals surface area contributed by atoms with E-state index in [-0.39, 0.29) is 19.8 Å². The maximum absolute atomic E-state index is 6.33. The van der Waals surface area contributed by atoms with Crippen LogP contribution in [0, 0.1) is 0 Å². The Hall–Kier alpha value is -0.340. The first-order chi connectivity index (χ1) is 14.1. The monoisotopic (exact) mass is 522 g/mol. The lowest BCUT2D eigenvalue weighted by molar-refractivity contribution is 0.221. The molecule has 0 N–H and O–H groups in total. The Kier molecular flexibility index (Phi) is 9.94. The Labute approximate surface area is 209 Å². The van der Waals surface area contributed by atoms with Gasteiger partial charge in [0.1, 0.15) is 8.98 Å². The topological polar surface area (TPSA) is 0 Å². The minimum absolute atomic E-state index is 0.105. The number of hydrogen-bond acceptors (Lipinski definition) is 0. The normalized spacial score (nSPS) is 15.1. The predicted molar refractivity (Wildman–Crippen MR) is 135 cm³/mol. The first-order valence-corrected chi connectivity index (χ1v) is 11.9. The van der Waals surface area contributed by atoms with Gasteiger partial charge in [-0.3, -0.25) is 0 Å². The van der Waals surface area contributed by atoms with Crippen molar-refractivity contribution in [3.05, 3.63) is 90.8 Å². The minimum Gasteiger partial charge on any atom is -0.0866 e. The molecule has 0 aliphatic heterocycles. The summed E-state index contributed by atoms with van der Waals surface area (Å²) in [6.45, 7) is 4.50. The molecule has 0 aromatic heterocycles. The highest BCUT2D eigenvalue weighted by molar-refractivity contribution is 6.59. The molecule has 0 fully saturated rings. The summed E-state index contributed by atoms with van der Waals surface area (Å²) in [7, 11) is 0. The van der Waals surface area contributed by atoms with Gasteiger partial charge >= 0.3 is 0 Å². The van der Waals surface area contributed by atoms with Crippen molar-refractivity contribution in [2.75, 3.05) is 0 Å². The number of benzene rings is 2. The van der Waals surface area contributed by atoms with Crippen LogP contribution >= 0.6 is 69.6 Å². The number of allylic oxidation sites excluding steroid dienone is 2. The highest BCUT2D eigenvalue weighted by Gasteiger charge is 2.46. The Morgan fingerprint density at radius 3 is 1.13 bits per heavy atom. The Morgan fingerprint density at radius 2 is 0.867 bits per heavy atom. The average molecular weight is 525 g/mol. The van der Waals surface area contributed by atoms with Crippen LogP contribution in [0.15, 0.2) is 79.7 Å². The van der Waals surface area contributed by atoms with Crippen LogP contribution in [0.3, 0.4) is 0 Å². The molecule has 6 heteroatoms. The fourth-order valence-electron chi connectivity index (χ4n) is 4.00. The molecule has 0 aliphatic rings. The van der Waals surface area contributed by atoms with Crippen LogP contribution in [0.1, 0.15) is 50.7 Å². The van der Waals surface area contributed by atoms with Crippen molar-refractivity contribution < 1.29 is 0 Å². The number of hydrogen-bond donors (Lipinski definition) is 0. The molecule has 2 atom stereocenters. The highest BCUT2D eigenvalue weighted by Crippen LogP contribution is 2.51. The molecule has 162 valence electrons. The van der Waals surface area contributed by atoms with Gasteiger partial charge in [-0.25, -0.2) is 0 Å². The van der Waals surface area contributed by atoms with E-state index >= 15 is 0 Å². The zero-order valence-electron chi connectivity index (χ0n) is 16.9. The molecule has 0 saturated heterocycles. The molecule has 2 aromatic carbocycles. The lowest BCUT2D eigenvalue weighted by atomic mass is 9.55. The molecule has 0 bridgehead atoms. The van der Waals surface area contributed by atoms with Gasteiger partial charge < -0.3 is 0 Å². The van der Waals surface area contributed by atoms with Gasteiger partial charge in [0.2, 0.25) is 0 Å². The van der Waals surface area contributed by atoms with Crippen LogP contribution in [0.5, 0.6) is 0 Å². The summed E-state index contributed by atoms with van der Waals surface area (Å²) in [5.41, 5.74) is 1.77. The minimum atomic E-state index is -0.311. The Morgan fingerprint density at radius 1 is 0.567 bits per heavy atom. The molecule has 2 aromatic rings. The van der Waals surface area contributed by atoms with Crippen molar-refractivity contribution in [3.8, 4) is 0 Å². The van der Waals surface area contributed by atoms with E-state index < -0.39 is 0 Å². The van der Waals surface area contributed by atoms with Gasteiger partial charge in [0.05, 0.1) is 0 Å². The average Bonchev–Trinajstić information content (AvgIpc) is 2.76. The van der Waals surface area contributed by atoms with E-state index in [1.807, 2.05) is 36.4 Å². The summed E-state index contributed by atoms with van der Waals surface area (Å²) >= 11 is 36.4. The molecule has 2 rings (SSSR count). The second-order valence-corrected chi connectivity index (χ2v) is 10.5. The largest absolute Gasteiger partial charge is 0.121 e. The Bertz CT molecular complexity index is 807. The van der Waals surface area contributed by atoms with E-state index in [4.69, 9.17) is 69.6 Å². The molecule has 0 saturated carbocycles. The zero-order chi connectivity index (χ0) is 22.4. The molecule has 0 amide bonds. The molecule has 30 heavy (non-hydrogen) atoms.